The van der Waals surface area contributed by atoms with Crippen LogP contribution in [-0.2, 0) is 14.3 Å². The van der Waals surface area contributed by atoms with Gasteiger partial charge in [0.15, 0.2) is 17.3 Å². The lowest BCUT2D eigenvalue weighted by Gasteiger charge is -2.37. The summed E-state index contributed by atoms with van der Waals surface area (Å²) in [4.78, 5) is 27.0. The molecule has 0 radical (unpaired) electrons. The monoisotopic (exact) mass is 493 g/mol. The number of ether oxygens (including phenoxy) is 3. The summed E-state index contributed by atoms with van der Waals surface area (Å²) in [5.41, 5.74) is 3.71. The van der Waals surface area contributed by atoms with Crippen LogP contribution in [-0.4, -0.2) is 32.1 Å². The largest absolute Gasteiger partial charge is 0.493 e. The van der Waals surface area contributed by atoms with E-state index in [4.69, 9.17) is 14.2 Å². The Kier molecular flexibility index (Phi) is 7.48. The summed E-state index contributed by atoms with van der Waals surface area (Å²) in [5, 5.41) is 3.32. The number of hydrogen-bond donors (Lipinski definition) is 1. The highest BCUT2D eigenvalue weighted by Gasteiger charge is 2.41. The third kappa shape index (κ3) is 4.87. The molecule has 0 saturated carbocycles. The van der Waals surface area contributed by atoms with Crippen LogP contribution in [0.2, 0.25) is 0 Å². The van der Waals surface area contributed by atoms with E-state index in [0.717, 1.165) is 11.3 Å². The first-order chi connectivity index (χ1) is 17.3. The van der Waals surface area contributed by atoms with Gasteiger partial charge in [0.05, 0.1) is 25.9 Å². The number of Topliss-reactive ketones (excluding diaryl/α,β-unsaturated/α-hetero) is 1. The highest BCUT2D eigenvalue weighted by Crippen LogP contribution is 2.46. The Bertz CT molecular complexity index is 1250. The summed E-state index contributed by atoms with van der Waals surface area (Å²) in [6, 6.07) is 11.8. The van der Waals surface area contributed by atoms with Crippen LogP contribution in [0.4, 0.5) is 4.39 Å². The molecule has 0 unspecified atom stereocenters. The first-order valence-corrected chi connectivity index (χ1v) is 12.2. The molecule has 2 aromatic carbocycles. The molecule has 0 fully saturated rings. The molecule has 2 aromatic rings. The van der Waals surface area contributed by atoms with Gasteiger partial charge in [-0.2, -0.15) is 0 Å². The second-order valence-corrected chi connectivity index (χ2v) is 9.31. The maximum atomic E-state index is 14.3. The minimum atomic E-state index is -0.702. The van der Waals surface area contributed by atoms with Gasteiger partial charge in [-0.1, -0.05) is 25.1 Å². The number of nitrogens with one attached hydrogen (secondary N) is 1. The van der Waals surface area contributed by atoms with Crippen molar-refractivity contribution in [3.05, 3.63) is 81.9 Å². The van der Waals surface area contributed by atoms with Crippen molar-refractivity contribution in [2.75, 3.05) is 14.2 Å². The van der Waals surface area contributed by atoms with Crippen molar-refractivity contribution in [3.63, 3.8) is 0 Å². The Balaban J connectivity index is 1.76. The van der Waals surface area contributed by atoms with Crippen LogP contribution in [0.25, 0.3) is 0 Å². The summed E-state index contributed by atoms with van der Waals surface area (Å²) in [6.45, 7) is 5.56. The number of allylic oxidation sites excluding steroid dienone is 3. The van der Waals surface area contributed by atoms with E-state index in [1.54, 1.807) is 33.3 Å². The summed E-state index contributed by atoms with van der Waals surface area (Å²) in [6.07, 6.45) is 1.20. The van der Waals surface area contributed by atoms with Crippen molar-refractivity contribution >= 4 is 11.8 Å². The Morgan fingerprint density at radius 2 is 1.83 bits per heavy atom. The molecule has 36 heavy (non-hydrogen) atoms. The van der Waals surface area contributed by atoms with Gasteiger partial charge in [-0.15, -0.1) is 0 Å². The zero-order valence-corrected chi connectivity index (χ0v) is 21.3. The number of rotatable bonds is 7. The molecule has 1 heterocycles. The van der Waals surface area contributed by atoms with E-state index in [9.17, 15) is 14.0 Å². The fraction of sp³-hybridized carbons (Fsp3) is 0.379. The molecule has 0 aromatic heterocycles. The number of halogens is 1. The van der Waals surface area contributed by atoms with Crippen molar-refractivity contribution in [2.24, 2.45) is 0 Å². The third-order valence-corrected chi connectivity index (χ3v) is 6.99. The molecule has 1 aliphatic carbocycles. The number of methoxy groups -OCH3 is 2. The van der Waals surface area contributed by atoms with Crippen LogP contribution in [0, 0.1) is 5.82 Å². The molecule has 6 nitrogen and oxygen atoms in total. The van der Waals surface area contributed by atoms with E-state index in [1.807, 2.05) is 32.0 Å². The zero-order chi connectivity index (χ0) is 26.0. The number of hydrogen-bond acceptors (Lipinski definition) is 6. The molecule has 1 aliphatic heterocycles. The lowest BCUT2D eigenvalue weighted by Crippen LogP contribution is -2.36. The van der Waals surface area contributed by atoms with Crippen molar-refractivity contribution in [1.29, 1.82) is 0 Å². The van der Waals surface area contributed by atoms with Crippen molar-refractivity contribution in [3.8, 4) is 11.5 Å². The first-order valence-electron chi connectivity index (χ1n) is 12.2. The van der Waals surface area contributed by atoms with Gasteiger partial charge in [0.25, 0.3) is 0 Å². The van der Waals surface area contributed by atoms with E-state index in [-0.39, 0.29) is 24.2 Å². The summed E-state index contributed by atoms with van der Waals surface area (Å²) < 4.78 is 30.7. The van der Waals surface area contributed by atoms with E-state index in [0.29, 0.717) is 46.7 Å². The molecule has 7 heteroatoms. The highest BCUT2D eigenvalue weighted by molar-refractivity contribution is 6.04. The predicted molar refractivity (Wildman–Crippen MR) is 134 cm³/mol. The van der Waals surface area contributed by atoms with Gasteiger partial charge in [-0.05, 0) is 68.0 Å². The molecule has 0 amide bonds. The fourth-order valence-corrected chi connectivity index (χ4v) is 5.00. The number of ketones is 1. The quantitative estimate of drug-likeness (QED) is 0.510. The molecule has 4 rings (SSSR count). The zero-order valence-electron chi connectivity index (χ0n) is 21.3. The predicted octanol–water partition coefficient (Wildman–Crippen LogP) is 5.55. The average Bonchev–Trinajstić information content (AvgIpc) is 2.86. The molecular weight excluding hydrogens is 461 g/mol. The SMILES string of the molecule is CC[C@H](C)OC(=O)C1=C(C)NC2=C(C(=O)C[C@H](c3ccc(OC)c(OC)c3)C2)[C@@H]1c1cccc(F)c1. The third-order valence-electron chi connectivity index (χ3n) is 6.99. The lowest BCUT2D eigenvalue weighted by molar-refractivity contribution is -0.144. The van der Waals surface area contributed by atoms with E-state index in [2.05, 4.69) is 5.32 Å². The molecule has 190 valence electrons. The van der Waals surface area contributed by atoms with Gasteiger partial charge >= 0.3 is 5.97 Å². The van der Waals surface area contributed by atoms with E-state index in [1.165, 1.54) is 12.1 Å². The number of dihydropyridines is 1. The number of carbonyl (C=O) groups is 2. The van der Waals surface area contributed by atoms with E-state index >= 15 is 0 Å². The average molecular weight is 494 g/mol. The standard InChI is InChI=1S/C29H32FNO5/c1-6-16(2)36-29(33)26-17(3)31-22-13-20(18-10-11-24(34-4)25(15-18)35-5)14-23(32)28(22)27(26)19-8-7-9-21(30)12-19/h7-12,15-16,20,27,31H,6,13-14H2,1-5H3/t16-,20+,27+/m0/s1. The van der Waals surface area contributed by atoms with Crippen molar-refractivity contribution < 1.29 is 28.2 Å². The maximum Gasteiger partial charge on any atom is 0.337 e. The summed E-state index contributed by atoms with van der Waals surface area (Å²) in [7, 11) is 3.16. The van der Waals surface area contributed by atoms with Crippen LogP contribution in [0.5, 0.6) is 11.5 Å². The van der Waals surface area contributed by atoms with Crippen LogP contribution < -0.4 is 14.8 Å². The van der Waals surface area contributed by atoms with Gasteiger partial charge in [-0.3, -0.25) is 4.79 Å². The van der Waals surface area contributed by atoms with Gasteiger partial charge in [-0.25, -0.2) is 9.18 Å². The smallest absolute Gasteiger partial charge is 0.337 e. The summed E-state index contributed by atoms with van der Waals surface area (Å²) >= 11 is 0. The van der Waals surface area contributed by atoms with E-state index < -0.39 is 17.7 Å². The summed E-state index contributed by atoms with van der Waals surface area (Å²) in [5.74, 6) is -0.572. The molecule has 0 spiro atoms. The highest BCUT2D eigenvalue weighted by atomic mass is 19.1. The fourth-order valence-electron chi connectivity index (χ4n) is 5.00. The molecule has 1 N–H and O–H groups in total. The Labute approximate surface area is 211 Å². The van der Waals surface area contributed by atoms with Crippen LogP contribution in [0.15, 0.2) is 65.0 Å². The first kappa shape index (κ1) is 25.5. The normalized spacial score (nSPS) is 20.4. The van der Waals surface area contributed by atoms with Crippen molar-refractivity contribution in [1.82, 2.24) is 5.32 Å². The number of carbonyl (C=O) groups excluding carboxylic acids is 2. The molecular formula is C29H32FNO5. The minimum absolute atomic E-state index is 0.0841. The van der Waals surface area contributed by atoms with Gasteiger partial charge in [0.2, 0.25) is 0 Å². The Morgan fingerprint density at radius 3 is 2.50 bits per heavy atom. The van der Waals surface area contributed by atoms with Gasteiger partial charge < -0.3 is 19.5 Å². The van der Waals surface area contributed by atoms with Crippen molar-refractivity contribution in [2.45, 2.75) is 58.0 Å². The molecule has 3 atom stereocenters. The molecule has 0 saturated heterocycles. The van der Waals surface area contributed by atoms with Crippen LogP contribution in [0.3, 0.4) is 0 Å². The van der Waals surface area contributed by atoms with Crippen LogP contribution in [0.1, 0.15) is 63.0 Å². The van der Waals surface area contributed by atoms with Gasteiger partial charge in [0, 0.05) is 29.3 Å². The number of benzene rings is 2. The van der Waals surface area contributed by atoms with Gasteiger partial charge in [0.1, 0.15) is 5.82 Å². The number of esters is 1. The topological polar surface area (TPSA) is 73.9 Å². The minimum Gasteiger partial charge on any atom is -0.493 e. The second-order valence-electron chi connectivity index (χ2n) is 9.31. The maximum absolute atomic E-state index is 14.3. The lowest BCUT2D eigenvalue weighted by atomic mass is 9.71. The molecule has 0 bridgehead atoms. The molecule has 2 aliphatic rings. The second kappa shape index (κ2) is 10.6. The Morgan fingerprint density at radius 1 is 1.08 bits per heavy atom. The Hall–Kier alpha value is -3.61. The van der Waals surface area contributed by atoms with Crippen LogP contribution >= 0.6 is 0 Å².